The number of rotatable bonds is 3. The Hall–Kier alpha value is -0.725. The molecule has 2 radical (unpaired) electrons. The summed E-state index contributed by atoms with van der Waals surface area (Å²) < 4.78 is 0. The lowest BCUT2D eigenvalue weighted by molar-refractivity contribution is 0.581. The second-order valence-electron chi connectivity index (χ2n) is 3.25. The summed E-state index contributed by atoms with van der Waals surface area (Å²) in [6.07, 6.45) is 2.19. The number of aromatic amines is 1. The summed E-state index contributed by atoms with van der Waals surface area (Å²) >= 11 is 0. The Morgan fingerprint density at radius 3 is 2.82 bits per heavy atom. The summed E-state index contributed by atoms with van der Waals surface area (Å²) in [5.74, 6) is 0.730. The van der Waals surface area contributed by atoms with Gasteiger partial charge in [-0.25, -0.2) is 0 Å². The SMILES string of the molecule is [B]c1cc(CCC(C)C)n[nH]1. The molecule has 0 saturated carbocycles. The van der Waals surface area contributed by atoms with Crippen LogP contribution in [0.3, 0.4) is 0 Å². The summed E-state index contributed by atoms with van der Waals surface area (Å²) in [5, 5.41) is 6.76. The third-order valence-corrected chi connectivity index (χ3v) is 1.63. The number of aryl methyl sites for hydroxylation is 1. The molecule has 0 bridgehead atoms. The highest BCUT2D eigenvalue weighted by molar-refractivity contribution is 6.30. The topological polar surface area (TPSA) is 28.7 Å². The van der Waals surface area contributed by atoms with Crippen molar-refractivity contribution in [3.63, 3.8) is 0 Å². The third kappa shape index (κ3) is 2.79. The maximum absolute atomic E-state index is 5.47. The summed E-state index contributed by atoms with van der Waals surface area (Å²) in [5.41, 5.74) is 1.72. The van der Waals surface area contributed by atoms with Gasteiger partial charge in [0.05, 0.1) is 5.69 Å². The van der Waals surface area contributed by atoms with Crippen molar-refractivity contribution >= 4 is 13.4 Å². The Labute approximate surface area is 68.8 Å². The molecule has 0 amide bonds. The number of nitrogens with one attached hydrogen (secondary N) is 1. The zero-order valence-electron chi connectivity index (χ0n) is 7.09. The first kappa shape index (κ1) is 8.37. The molecule has 0 fully saturated rings. The Morgan fingerprint density at radius 2 is 2.36 bits per heavy atom. The van der Waals surface area contributed by atoms with Crippen LogP contribution in [-0.4, -0.2) is 18.0 Å². The van der Waals surface area contributed by atoms with Gasteiger partial charge < -0.3 is 0 Å². The molecule has 11 heavy (non-hydrogen) atoms. The van der Waals surface area contributed by atoms with Gasteiger partial charge in [0.1, 0.15) is 7.85 Å². The van der Waals surface area contributed by atoms with Crippen molar-refractivity contribution in [2.75, 3.05) is 0 Å². The molecule has 0 saturated heterocycles. The van der Waals surface area contributed by atoms with Crippen LogP contribution in [-0.2, 0) is 6.42 Å². The molecule has 0 aliphatic rings. The molecule has 1 N–H and O–H groups in total. The predicted molar refractivity (Wildman–Crippen MR) is 47.1 cm³/mol. The van der Waals surface area contributed by atoms with E-state index in [0.717, 1.165) is 18.0 Å². The van der Waals surface area contributed by atoms with Gasteiger partial charge in [0.15, 0.2) is 0 Å². The molecule has 1 rings (SSSR count). The van der Waals surface area contributed by atoms with Gasteiger partial charge in [0.25, 0.3) is 0 Å². The average Bonchev–Trinajstić information content (AvgIpc) is 2.31. The highest BCUT2D eigenvalue weighted by atomic mass is 15.1. The maximum atomic E-state index is 5.47. The minimum Gasteiger partial charge on any atom is -0.293 e. The molecule has 1 aromatic rings. The van der Waals surface area contributed by atoms with Crippen LogP contribution >= 0.6 is 0 Å². The zero-order valence-corrected chi connectivity index (χ0v) is 7.09. The number of nitrogens with zero attached hydrogens (tertiary/aromatic N) is 1. The van der Waals surface area contributed by atoms with E-state index in [1.165, 1.54) is 6.42 Å². The lowest BCUT2D eigenvalue weighted by Gasteiger charge is -1.99. The molecule has 58 valence electrons. The van der Waals surface area contributed by atoms with E-state index in [1.54, 1.807) is 0 Å². The highest BCUT2D eigenvalue weighted by Gasteiger charge is 1.98. The van der Waals surface area contributed by atoms with Gasteiger partial charge in [-0.05, 0) is 30.4 Å². The summed E-state index contributed by atoms with van der Waals surface area (Å²) in [6.45, 7) is 4.41. The van der Waals surface area contributed by atoms with Crippen LogP contribution < -0.4 is 5.59 Å². The van der Waals surface area contributed by atoms with Crippen LogP contribution in [0.2, 0.25) is 0 Å². The fourth-order valence-corrected chi connectivity index (χ4v) is 0.945. The molecule has 0 unspecified atom stereocenters. The van der Waals surface area contributed by atoms with E-state index in [2.05, 4.69) is 24.0 Å². The molecule has 1 heterocycles. The monoisotopic (exact) mass is 148 g/mol. The van der Waals surface area contributed by atoms with Gasteiger partial charge in [-0.2, -0.15) is 5.10 Å². The van der Waals surface area contributed by atoms with Gasteiger partial charge in [-0.3, -0.25) is 5.10 Å². The van der Waals surface area contributed by atoms with Crippen LogP contribution in [0.25, 0.3) is 0 Å². The van der Waals surface area contributed by atoms with Crippen molar-refractivity contribution in [2.24, 2.45) is 5.92 Å². The second-order valence-corrected chi connectivity index (χ2v) is 3.25. The third-order valence-electron chi connectivity index (χ3n) is 1.63. The Balaban J connectivity index is 2.39. The quantitative estimate of drug-likeness (QED) is 0.630. The van der Waals surface area contributed by atoms with Crippen LogP contribution in [0.15, 0.2) is 6.07 Å². The van der Waals surface area contributed by atoms with Crippen molar-refractivity contribution in [1.82, 2.24) is 10.2 Å². The van der Waals surface area contributed by atoms with E-state index >= 15 is 0 Å². The van der Waals surface area contributed by atoms with Crippen LogP contribution in [0.1, 0.15) is 26.0 Å². The lowest BCUT2D eigenvalue weighted by atomic mass is 10.0. The molecule has 0 aliphatic carbocycles. The standard InChI is InChI=1S/C8H13BN2/c1-6(2)3-4-7-5-8(9)11-10-7/h5-6H,3-4H2,1-2H3,(H,10,11). The molecule has 1 aromatic heterocycles. The lowest BCUT2D eigenvalue weighted by Crippen LogP contribution is -2.00. The van der Waals surface area contributed by atoms with E-state index in [9.17, 15) is 0 Å². The Morgan fingerprint density at radius 1 is 1.64 bits per heavy atom. The van der Waals surface area contributed by atoms with E-state index in [0.29, 0.717) is 5.59 Å². The Kier molecular flexibility index (Phi) is 2.74. The van der Waals surface area contributed by atoms with Crippen molar-refractivity contribution < 1.29 is 0 Å². The number of H-pyrrole nitrogens is 1. The predicted octanol–water partition coefficient (Wildman–Crippen LogP) is 0.792. The molecule has 3 heteroatoms. The smallest absolute Gasteiger partial charge is 0.140 e. The highest BCUT2D eigenvalue weighted by Crippen LogP contribution is 2.04. The van der Waals surface area contributed by atoms with Gasteiger partial charge in [-0.1, -0.05) is 13.8 Å². The minimum absolute atomic E-state index is 0.656. The molecular formula is C8H13BN2. The molecular weight excluding hydrogens is 135 g/mol. The number of aromatic nitrogens is 2. The molecule has 2 nitrogen and oxygen atoms in total. The van der Waals surface area contributed by atoms with Crippen molar-refractivity contribution in [3.05, 3.63) is 11.8 Å². The first-order valence-corrected chi connectivity index (χ1v) is 3.98. The second kappa shape index (κ2) is 3.60. The first-order valence-electron chi connectivity index (χ1n) is 3.98. The molecule has 0 aliphatic heterocycles. The van der Waals surface area contributed by atoms with Crippen molar-refractivity contribution in [2.45, 2.75) is 26.7 Å². The van der Waals surface area contributed by atoms with E-state index < -0.39 is 0 Å². The van der Waals surface area contributed by atoms with Gasteiger partial charge >= 0.3 is 0 Å². The summed E-state index contributed by atoms with van der Waals surface area (Å²) in [4.78, 5) is 0. The maximum Gasteiger partial charge on any atom is 0.140 e. The Bertz CT molecular complexity index is 218. The molecule has 0 atom stereocenters. The van der Waals surface area contributed by atoms with Crippen LogP contribution in [0.4, 0.5) is 0 Å². The van der Waals surface area contributed by atoms with Gasteiger partial charge in [0.2, 0.25) is 0 Å². The van der Waals surface area contributed by atoms with E-state index in [4.69, 9.17) is 7.85 Å². The average molecular weight is 148 g/mol. The van der Waals surface area contributed by atoms with Gasteiger partial charge in [0, 0.05) is 0 Å². The van der Waals surface area contributed by atoms with Crippen molar-refractivity contribution in [3.8, 4) is 0 Å². The van der Waals surface area contributed by atoms with E-state index in [1.807, 2.05) is 6.07 Å². The van der Waals surface area contributed by atoms with Gasteiger partial charge in [-0.15, -0.1) is 0 Å². The van der Waals surface area contributed by atoms with Crippen LogP contribution in [0, 0.1) is 5.92 Å². The fourth-order valence-electron chi connectivity index (χ4n) is 0.945. The summed E-state index contributed by atoms with van der Waals surface area (Å²) in [6, 6.07) is 1.89. The normalized spacial score (nSPS) is 10.8. The largest absolute Gasteiger partial charge is 0.293 e. The van der Waals surface area contributed by atoms with Crippen LogP contribution in [0.5, 0.6) is 0 Å². The molecule has 0 aromatic carbocycles. The van der Waals surface area contributed by atoms with E-state index in [-0.39, 0.29) is 0 Å². The fraction of sp³-hybridized carbons (Fsp3) is 0.625. The number of hydrogen-bond acceptors (Lipinski definition) is 1. The van der Waals surface area contributed by atoms with Crippen molar-refractivity contribution in [1.29, 1.82) is 0 Å². The molecule has 0 spiro atoms. The summed E-state index contributed by atoms with van der Waals surface area (Å²) in [7, 11) is 5.47. The first-order chi connectivity index (χ1) is 5.18. The number of hydrogen-bond donors (Lipinski definition) is 1. The zero-order chi connectivity index (χ0) is 8.27. The minimum atomic E-state index is 0.656.